The van der Waals surface area contributed by atoms with Crippen molar-refractivity contribution < 1.29 is 5.11 Å². The Morgan fingerprint density at radius 2 is 2.18 bits per heavy atom. The number of aromatic nitrogens is 3. The molecule has 0 aliphatic rings. The molecule has 0 saturated carbocycles. The predicted octanol–water partition coefficient (Wildman–Crippen LogP) is 0.263. The molecule has 6 nitrogen and oxygen atoms in total. The summed E-state index contributed by atoms with van der Waals surface area (Å²) in [5, 5.41) is 13.4. The molecule has 17 heavy (non-hydrogen) atoms. The Hall–Kier alpha value is -1.43. The van der Waals surface area contributed by atoms with Gasteiger partial charge in [-0.15, -0.1) is 0 Å². The van der Waals surface area contributed by atoms with Gasteiger partial charge in [-0.05, 0) is 6.42 Å². The molecule has 0 aromatic carbocycles. The van der Waals surface area contributed by atoms with Gasteiger partial charge in [-0.25, -0.2) is 9.48 Å². The van der Waals surface area contributed by atoms with E-state index in [1.807, 2.05) is 0 Å². The molecule has 1 heterocycles. The van der Waals surface area contributed by atoms with E-state index in [1.54, 1.807) is 0 Å². The number of rotatable bonds is 7. The second-order valence-corrected chi connectivity index (χ2v) is 4.12. The van der Waals surface area contributed by atoms with Crippen LogP contribution >= 0.6 is 0 Å². The van der Waals surface area contributed by atoms with Crippen LogP contribution in [-0.4, -0.2) is 26.0 Å². The summed E-state index contributed by atoms with van der Waals surface area (Å²) < 4.78 is 1.08. The molecular weight excluding hydrogens is 222 g/mol. The van der Waals surface area contributed by atoms with E-state index >= 15 is 0 Å². The molecule has 0 radical (unpaired) electrons. The summed E-state index contributed by atoms with van der Waals surface area (Å²) in [6, 6.07) is 0. The average molecular weight is 241 g/mol. The Morgan fingerprint density at radius 1 is 1.41 bits per heavy atom. The summed E-state index contributed by atoms with van der Waals surface area (Å²) in [5.41, 5.74) is -1.10. The highest BCUT2D eigenvalue weighted by Crippen LogP contribution is 2.05. The molecule has 1 rings (SSSR count). The van der Waals surface area contributed by atoms with Gasteiger partial charge < -0.3 is 5.11 Å². The van der Waals surface area contributed by atoms with Crippen LogP contribution in [0.3, 0.4) is 0 Å². The number of aromatic amines is 1. The maximum atomic E-state index is 11.3. The van der Waals surface area contributed by atoms with Crippen molar-refractivity contribution in [3.8, 4) is 0 Å². The first kappa shape index (κ1) is 13.6. The molecule has 0 aliphatic heterocycles. The van der Waals surface area contributed by atoms with Crippen LogP contribution < -0.4 is 11.2 Å². The third kappa shape index (κ3) is 4.95. The van der Waals surface area contributed by atoms with Crippen molar-refractivity contribution in [1.29, 1.82) is 0 Å². The molecule has 6 heteroatoms. The molecular formula is C11H19N3O3. The molecule has 0 fully saturated rings. The van der Waals surface area contributed by atoms with Gasteiger partial charge in [-0.1, -0.05) is 32.6 Å². The van der Waals surface area contributed by atoms with Crippen molar-refractivity contribution >= 4 is 0 Å². The van der Waals surface area contributed by atoms with E-state index in [1.165, 1.54) is 0 Å². The smallest absolute Gasteiger partial charge is 0.344 e. The van der Waals surface area contributed by atoms with Gasteiger partial charge in [0.2, 0.25) is 0 Å². The van der Waals surface area contributed by atoms with Gasteiger partial charge in [0, 0.05) is 0 Å². The molecule has 1 atom stereocenters. The highest BCUT2D eigenvalue weighted by atomic mass is 16.3. The molecule has 1 aromatic rings. The zero-order valence-corrected chi connectivity index (χ0v) is 10.1. The summed E-state index contributed by atoms with van der Waals surface area (Å²) >= 11 is 0. The van der Waals surface area contributed by atoms with Crippen LogP contribution in [0, 0.1) is 0 Å². The number of unbranched alkanes of at least 4 members (excludes halogenated alkanes) is 3. The quantitative estimate of drug-likeness (QED) is 0.670. The fourth-order valence-corrected chi connectivity index (χ4v) is 1.60. The molecule has 0 aliphatic carbocycles. The van der Waals surface area contributed by atoms with Crippen molar-refractivity contribution in [3.63, 3.8) is 0 Å². The second kappa shape index (κ2) is 7.01. The fourth-order valence-electron chi connectivity index (χ4n) is 1.60. The molecule has 0 amide bonds. The van der Waals surface area contributed by atoms with E-state index in [4.69, 9.17) is 0 Å². The highest BCUT2D eigenvalue weighted by Gasteiger charge is 2.07. The highest BCUT2D eigenvalue weighted by molar-refractivity contribution is 4.70. The minimum Gasteiger partial charge on any atom is -0.391 e. The van der Waals surface area contributed by atoms with Crippen LogP contribution in [0.2, 0.25) is 0 Å². The van der Waals surface area contributed by atoms with Crippen molar-refractivity contribution in [2.45, 2.75) is 51.7 Å². The van der Waals surface area contributed by atoms with Crippen LogP contribution in [0.4, 0.5) is 0 Å². The standard InChI is InChI=1S/C11H19N3O3/c1-2-3-4-5-6-9(15)8-14-11(17)13-10(16)7-12-14/h7,9,15H,2-6,8H2,1H3,(H,13,16,17). The van der Waals surface area contributed by atoms with Crippen LogP contribution in [-0.2, 0) is 6.54 Å². The van der Waals surface area contributed by atoms with E-state index in [-0.39, 0.29) is 6.54 Å². The van der Waals surface area contributed by atoms with E-state index in [9.17, 15) is 14.7 Å². The number of hydrogen-bond donors (Lipinski definition) is 2. The van der Waals surface area contributed by atoms with Crippen molar-refractivity contribution in [2.75, 3.05) is 0 Å². The molecule has 1 aromatic heterocycles. The molecule has 1 unspecified atom stereocenters. The number of hydrogen-bond acceptors (Lipinski definition) is 4. The first-order valence-corrected chi connectivity index (χ1v) is 5.98. The van der Waals surface area contributed by atoms with E-state index < -0.39 is 17.4 Å². The topological polar surface area (TPSA) is 88.0 Å². The number of aliphatic hydroxyl groups excluding tert-OH is 1. The average Bonchev–Trinajstić information content (AvgIpc) is 2.28. The van der Waals surface area contributed by atoms with E-state index in [0.29, 0.717) is 6.42 Å². The van der Waals surface area contributed by atoms with Crippen LogP contribution in [0.5, 0.6) is 0 Å². The zero-order chi connectivity index (χ0) is 12.7. The normalized spacial score (nSPS) is 12.6. The summed E-state index contributed by atoms with van der Waals surface area (Å²) in [5.74, 6) is 0. The number of aliphatic hydroxyl groups is 1. The van der Waals surface area contributed by atoms with Gasteiger partial charge in [0.05, 0.1) is 12.6 Å². The third-order valence-electron chi connectivity index (χ3n) is 2.55. The first-order valence-electron chi connectivity index (χ1n) is 5.98. The Balaban J connectivity index is 2.42. The van der Waals surface area contributed by atoms with Crippen LogP contribution in [0.1, 0.15) is 39.0 Å². The molecule has 0 spiro atoms. The number of nitrogens with one attached hydrogen (secondary N) is 1. The molecule has 96 valence electrons. The number of H-pyrrole nitrogens is 1. The Bertz CT molecular complexity index is 438. The van der Waals surface area contributed by atoms with Crippen molar-refractivity contribution in [3.05, 3.63) is 27.0 Å². The minimum absolute atomic E-state index is 0.127. The van der Waals surface area contributed by atoms with Crippen molar-refractivity contribution in [1.82, 2.24) is 14.8 Å². The summed E-state index contributed by atoms with van der Waals surface area (Å²) in [4.78, 5) is 24.2. The maximum Gasteiger partial charge on any atom is 0.344 e. The second-order valence-electron chi connectivity index (χ2n) is 4.12. The monoisotopic (exact) mass is 241 g/mol. The Labute approximate surface area is 99.3 Å². The van der Waals surface area contributed by atoms with Crippen molar-refractivity contribution in [2.24, 2.45) is 0 Å². The van der Waals surface area contributed by atoms with Gasteiger partial charge >= 0.3 is 5.69 Å². The lowest BCUT2D eigenvalue weighted by Crippen LogP contribution is -2.34. The van der Waals surface area contributed by atoms with Gasteiger partial charge in [0.15, 0.2) is 0 Å². The van der Waals surface area contributed by atoms with E-state index in [0.717, 1.165) is 36.6 Å². The zero-order valence-electron chi connectivity index (χ0n) is 10.1. The van der Waals surface area contributed by atoms with Gasteiger partial charge in [-0.3, -0.25) is 9.78 Å². The summed E-state index contributed by atoms with van der Waals surface area (Å²) in [6.07, 6.45) is 5.41. The third-order valence-corrected chi connectivity index (χ3v) is 2.55. The maximum absolute atomic E-state index is 11.3. The largest absolute Gasteiger partial charge is 0.391 e. The van der Waals surface area contributed by atoms with E-state index in [2.05, 4.69) is 17.0 Å². The van der Waals surface area contributed by atoms with Gasteiger partial charge in [-0.2, -0.15) is 5.10 Å². The predicted molar refractivity (Wildman–Crippen MR) is 63.9 cm³/mol. The summed E-state index contributed by atoms with van der Waals surface area (Å²) in [7, 11) is 0. The number of nitrogens with zero attached hydrogens (tertiary/aromatic N) is 2. The minimum atomic E-state index is -0.594. The van der Waals surface area contributed by atoms with Crippen LogP contribution in [0.15, 0.2) is 15.8 Å². The SMILES string of the molecule is CCCCCCC(O)Cn1ncc(=O)[nH]c1=O. The molecule has 2 N–H and O–H groups in total. The van der Waals surface area contributed by atoms with Gasteiger partial charge in [0.1, 0.15) is 6.20 Å². The fraction of sp³-hybridized carbons (Fsp3) is 0.727. The van der Waals surface area contributed by atoms with Crippen LogP contribution in [0.25, 0.3) is 0 Å². The lowest BCUT2D eigenvalue weighted by atomic mass is 10.1. The van der Waals surface area contributed by atoms with Gasteiger partial charge in [0.25, 0.3) is 5.56 Å². The first-order chi connectivity index (χ1) is 8.13. The Morgan fingerprint density at radius 3 is 2.82 bits per heavy atom. The lowest BCUT2D eigenvalue weighted by Gasteiger charge is -2.10. The Kier molecular flexibility index (Phi) is 5.62. The lowest BCUT2D eigenvalue weighted by molar-refractivity contribution is 0.133. The molecule has 0 bridgehead atoms. The molecule has 0 saturated heterocycles. The summed E-state index contributed by atoms with van der Waals surface area (Å²) in [6.45, 7) is 2.25.